The van der Waals surface area contributed by atoms with Crippen LogP contribution in [0.4, 0.5) is 5.69 Å². The molecule has 26 heavy (non-hydrogen) atoms. The molecule has 0 aliphatic carbocycles. The van der Waals surface area contributed by atoms with Crippen LogP contribution in [0.2, 0.25) is 0 Å². The number of ether oxygens (including phenoxy) is 1. The molecule has 0 aliphatic rings. The summed E-state index contributed by atoms with van der Waals surface area (Å²) in [5, 5.41) is 16.8. The van der Waals surface area contributed by atoms with Gasteiger partial charge in [0.05, 0.1) is 11.5 Å². The topological polar surface area (TPSA) is 122 Å². The Balaban J connectivity index is 2.14. The number of nitriles is 1. The van der Waals surface area contributed by atoms with Crippen LogP contribution in [0.25, 0.3) is 6.08 Å². The number of sulfonamides is 1. The van der Waals surface area contributed by atoms with Gasteiger partial charge in [-0.25, -0.2) is 13.6 Å². The van der Waals surface area contributed by atoms with Crippen molar-refractivity contribution in [3.8, 4) is 11.8 Å². The lowest BCUT2D eigenvalue weighted by atomic mass is 10.1. The van der Waals surface area contributed by atoms with Gasteiger partial charge in [0.25, 0.3) is 5.91 Å². The number of anilines is 1. The van der Waals surface area contributed by atoms with Crippen LogP contribution in [-0.2, 0) is 14.8 Å². The highest BCUT2D eigenvalue weighted by molar-refractivity contribution is 7.89. The van der Waals surface area contributed by atoms with Gasteiger partial charge < -0.3 is 10.1 Å². The van der Waals surface area contributed by atoms with Gasteiger partial charge in [0, 0.05) is 5.69 Å². The fourth-order valence-electron chi connectivity index (χ4n) is 2.07. The number of benzene rings is 2. The van der Waals surface area contributed by atoms with Crippen molar-refractivity contribution >= 4 is 27.7 Å². The molecule has 0 atom stereocenters. The zero-order valence-electron chi connectivity index (χ0n) is 14.0. The lowest BCUT2D eigenvalue weighted by Crippen LogP contribution is -2.14. The second-order valence-electron chi connectivity index (χ2n) is 5.20. The molecule has 134 valence electrons. The molecule has 3 N–H and O–H groups in total. The Kier molecular flexibility index (Phi) is 6.11. The predicted octanol–water partition coefficient (Wildman–Crippen LogP) is 2.28. The Bertz CT molecular complexity index is 957. The number of nitrogens with one attached hydrogen (secondary N) is 1. The molecule has 0 unspecified atom stereocenters. The van der Waals surface area contributed by atoms with Crippen molar-refractivity contribution in [1.82, 2.24) is 0 Å². The van der Waals surface area contributed by atoms with Crippen LogP contribution >= 0.6 is 0 Å². The highest BCUT2D eigenvalue weighted by Crippen LogP contribution is 2.16. The Morgan fingerprint density at radius 1 is 1.19 bits per heavy atom. The molecule has 0 aliphatic heterocycles. The van der Waals surface area contributed by atoms with Crippen molar-refractivity contribution in [2.24, 2.45) is 5.14 Å². The second kappa shape index (κ2) is 8.29. The van der Waals surface area contributed by atoms with Gasteiger partial charge in [0.15, 0.2) is 0 Å². The predicted molar refractivity (Wildman–Crippen MR) is 97.6 cm³/mol. The maximum absolute atomic E-state index is 12.2. The maximum Gasteiger partial charge on any atom is 0.266 e. The molecule has 2 rings (SSSR count). The van der Waals surface area contributed by atoms with E-state index in [0.717, 1.165) is 0 Å². The van der Waals surface area contributed by atoms with Gasteiger partial charge in [-0.05, 0) is 55.0 Å². The van der Waals surface area contributed by atoms with Crippen molar-refractivity contribution in [1.29, 1.82) is 5.26 Å². The highest BCUT2D eigenvalue weighted by atomic mass is 32.2. The van der Waals surface area contributed by atoms with E-state index >= 15 is 0 Å². The van der Waals surface area contributed by atoms with Gasteiger partial charge in [0.2, 0.25) is 10.0 Å². The van der Waals surface area contributed by atoms with E-state index in [1.165, 1.54) is 30.3 Å². The van der Waals surface area contributed by atoms with Gasteiger partial charge >= 0.3 is 0 Å². The van der Waals surface area contributed by atoms with Crippen LogP contribution < -0.4 is 15.2 Å². The third-order valence-electron chi connectivity index (χ3n) is 3.31. The fourth-order valence-corrected chi connectivity index (χ4v) is 2.58. The Hall–Kier alpha value is -3.15. The molecule has 0 saturated carbocycles. The molecular formula is C18H17N3O4S. The van der Waals surface area contributed by atoms with E-state index < -0.39 is 15.9 Å². The van der Waals surface area contributed by atoms with Crippen molar-refractivity contribution in [2.75, 3.05) is 11.9 Å². The quantitative estimate of drug-likeness (QED) is 0.596. The van der Waals surface area contributed by atoms with E-state index in [2.05, 4.69) is 5.32 Å². The Morgan fingerprint density at radius 2 is 1.81 bits per heavy atom. The van der Waals surface area contributed by atoms with Gasteiger partial charge in [-0.15, -0.1) is 0 Å². The molecule has 0 bridgehead atoms. The number of primary sulfonamides is 1. The van der Waals surface area contributed by atoms with E-state index in [0.29, 0.717) is 23.6 Å². The van der Waals surface area contributed by atoms with Gasteiger partial charge in [0.1, 0.15) is 17.4 Å². The van der Waals surface area contributed by atoms with Crippen molar-refractivity contribution < 1.29 is 17.9 Å². The third kappa shape index (κ3) is 5.17. The van der Waals surface area contributed by atoms with Gasteiger partial charge in [-0.1, -0.05) is 12.1 Å². The Morgan fingerprint density at radius 3 is 2.31 bits per heavy atom. The monoisotopic (exact) mass is 371 g/mol. The van der Waals surface area contributed by atoms with Gasteiger partial charge in [-0.3, -0.25) is 4.79 Å². The third-order valence-corrected chi connectivity index (χ3v) is 4.24. The average molecular weight is 371 g/mol. The summed E-state index contributed by atoms with van der Waals surface area (Å²) in [7, 11) is -3.80. The minimum Gasteiger partial charge on any atom is -0.494 e. The van der Waals surface area contributed by atoms with Crippen LogP contribution in [0.1, 0.15) is 12.5 Å². The molecule has 0 heterocycles. The smallest absolute Gasteiger partial charge is 0.266 e. The number of carbonyl (C=O) groups excluding carboxylic acids is 1. The summed E-state index contributed by atoms with van der Waals surface area (Å²) in [5.74, 6) is 0.0901. The second-order valence-corrected chi connectivity index (χ2v) is 6.76. The van der Waals surface area contributed by atoms with Crippen LogP contribution in [0.15, 0.2) is 59.0 Å². The summed E-state index contributed by atoms with van der Waals surface area (Å²) < 4.78 is 27.8. The number of nitrogens with two attached hydrogens (primary N) is 1. The van der Waals surface area contributed by atoms with E-state index in [9.17, 15) is 18.5 Å². The zero-order valence-corrected chi connectivity index (χ0v) is 14.8. The van der Waals surface area contributed by atoms with E-state index in [-0.39, 0.29) is 10.5 Å². The van der Waals surface area contributed by atoms with Crippen molar-refractivity contribution in [3.05, 3.63) is 59.7 Å². The number of carbonyl (C=O) groups is 1. The zero-order chi connectivity index (χ0) is 19.2. The molecular weight excluding hydrogens is 354 g/mol. The number of hydrogen-bond acceptors (Lipinski definition) is 5. The first-order valence-corrected chi connectivity index (χ1v) is 9.17. The van der Waals surface area contributed by atoms with E-state index in [4.69, 9.17) is 9.88 Å². The molecule has 1 amide bonds. The number of amides is 1. The summed E-state index contributed by atoms with van der Waals surface area (Å²) in [6, 6.07) is 14.1. The number of rotatable bonds is 6. The van der Waals surface area contributed by atoms with E-state index in [1.807, 2.05) is 13.0 Å². The first-order valence-electron chi connectivity index (χ1n) is 7.62. The molecule has 0 radical (unpaired) electrons. The minimum atomic E-state index is -3.80. The summed E-state index contributed by atoms with van der Waals surface area (Å²) in [6.07, 6.45) is 1.45. The van der Waals surface area contributed by atoms with Crippen LogP contribution in [0.3, 0.4) is 0 Å². The average Bonchev–Trinajstić information content (AvgIpc) is 2.61. The first kappa shape index (κ1) is 19.2. The summed E-state index contributed by atoms with van der Waals surface area (Å²) >= 11 is 0. The van der Waals surface area contributed by atoms with Crippen molar-refractivity contribution in [2.45, 2.75) is 11.8 Å². The summed E-state index contributed by atoms with van der Waals surface area (Å²) in [5.41, 5.74) is 0.921. The normalized spacial score (nSPS) is 11.5. The van der Waals surface area contributed by atoms with Crippen molar-refractivity contribution in [3.63, 3.8) is 0 Å². The molecule has 7 nitrogen and oxygen atoms in total. The molecule has 2 aromatic carbocycles. The fraction of sp³-hybridized carbons (Fsp3) is 0.111. The minimum absolute atomic E-state index is 0.0686. The molecule has 8 heteroatoms. The molecule has 0 aromatic heterocycles. The standard InChI is InChI=1S/C18H17N3O4S/c1-2-25-16-7-3-13(4-8-16)11-14(12-19)18(22)21-15-5-9-17(10-6-15)26(20,23)24/h3-11H,2H2,1H3,(H,21,22)(H2,20,23,24)/b14-11+. The van der Waals surface area contributed by atoms with Crippen LogP contribution in [-0.4, -0.2) is 20.9 Å². The molecule has 0 fully saturated rings. The lowest BCUT2D eigenvalue weighted by molar-refractivity contribution is -0.112. The largest absolute Gasteiger partial charge is 0.494 e. The molecule has 2 aromatic rings. The van der Waals surface area contributed by atoms with Crippen LogP contribution in [0, 0.1) is 11.3 Å². The number of hydrogen-bond donors (Lipinski definition) is 2. The number of nitrogens with zero attached hydrogens (tertiary/aromatic N) is 1. The first-order chi connectivity index (χ1) is 12.3. The summed E-state index contributed by atoms with van der Waals surface area (Å²) in [6.45, 7) is 2.42. The lowest BCUT2D eigenvalue weighted by Gasteiger charge is -2.06. The Labute approximate surface area is 151 Å². The van der Waals surface area contributed by atoms with Gasteiger partial charge in [-0.2, -0.15) is 5.26 Å². The molecule has 0 saturated heterocycles. The maximum atomic E-state index is 12.2. The molecule has 0 spiro atoms. The van der Waals surface area contributed by atoms with Crippen LogP contribution in [0.5, 0.6) is 5.75 Å². The summed E-state index contributed by atoms with van der Waals surface area (Å²) in [4.78, 5) is 12.2. The van der Waals surface area contributed by atoms with E-state index in [1.54, 1.807) is 24.3 Å². The SMILES string of the molecule is CCOc1ccc(/C=C(\C#N)C(=O)Nc2ccc(S(N)(=O)=O)cc2)cc1. The highest BCUT2D eigenvalue weighted by Gasteiger charge is 2.11.